The lowest BCUT2D eigenvalue weighted by Crippen LogP contribution is -2.12. The number of primary amides is 1. The number of carbonyl (C=O) groups is 2. The normalized spacial score (nSPS) is 10.1. The van der Waals surface area contributed by atoms with E-state index in [1.165, 1.54) is 0 Å². The summed E-state index contributed by atoms with van der Waals surface area (Å²) in [6.07, 6.45) is 0.387. The van der Waals surface area contributed by atoms with E-state index in [0.29, 0.717) is 23.5 Å². The zero-order valence-electron chi connectivity index (χ0n) is 11.1. The second kappa shape index (κ2) is 6.02. The highest BCUT2D eigenvalue weighted by Crippen LogP contribution is 2.28. The van der Waals surface area contributed by atoms with Crippen molar-refractivity contribution in [3.8, 4) is 11.5 Å². The van der Waals surface area contributed by atoms with E-state index >= 15 is 0 Å². The number of hydrogen-bond donors (Lipinski definition) is 1. The van der Waals surface area contributed by atoms with Gasteiger partial charge < -0.3 is 10.5 Å². The second-order valence-electron chi connectivity index (χ2n) is 4.24. The van der Waals surface area contributed by atoms with Gasteiger partial charge in [-0.15, -0.1) is 0 Å². The van der Waals surface area contributed by atoms with Gasteiger partial charge in [0.25, 0.3) is 5.91 Å². The van der Waals surface area contributed by atoms with Crippen LogP contribution in [-0.2, 0) is 0 Å². The average Bonchev–Trinajstić information content (AvgIpc) is 2.47. The minimum Gasteiger partial charge on any atom is -0.456 e. The van der Waals surface area contributed by atoms with Crippen molar-refractivity contribution in [3.05, 3.63) is 59.7 Å². The van der Waals surface area contributed by atoms with Crippen molar-refractivity contribution in [2.45, 2.75) is 13.3 Å². The van der Waals surface area contributed by atoms with E-state index in [9.17, 15) is 9.59 Å². The Morgan fingerprint density at radius 1 is 0.950 bits per heavy atom. The largest absolute Gasteiger partial charge is 0.456 e. The lowest BCUT2D eigenvalue weighted by molar-refractivity contribution is 0.0984. The molecule has 2 N–H and O–H groups in total. The maximum Gasteiger partial charge on any atom is 0.252 e. The highest BCUT2D eigenvalue weighted by molar-refractivity contribution is 5.99. The Hall–Kier alpha value is -2.62. The Labute approximate surface area is 117 Å². The molecule has 0 unspecified atom stereocenters. The van der Waals surface area contributed by atoms with Crippen LogP contribution in [0.1, 0.15) is 34.1 Å². The standard InChI is InChI=1S/C16H15NO3/c1-2-13(18)11-7-3-5-9-14(11)20-15-10-6-4-8-12(15)16(17)19/h3-10H,2H2,1H3,(H2,17,19). The van der Waals surface area contributed by atoms with Gasteiger partial charge in [-0.2, -0.15) is 0 Å². The van der Waals surface area contributed by atoms with Crippen LogP contribution < -0.4 is 10.5 Å². The van der Waals surface area contributed by atoms with Crippen molar-refractivity contribution >= 4 is 11.7 Å². The van der Waals surface area contributed by atoms with Crippen LogP contribution in [0.3, 0.4) is 0 Å². The molecule has 0 radical (unpaired) electrons. The third-order valence-electron chi connectivity index (χ3n) is 2.88. The van der Waals surface area contributed by atoms with Crippen molar-refractivity contribution in [2.75, 3.05) is 0 Å². The molecule has 0 saturated carbocycles. The fraction of sp³-hybridized carbons (Fsp3) is 0.125. The molecular formula is C16H15NO3. The number of amides is 1. The number of hydrogen-bond acceptors (Lipinski definition) is 3. The predicted molar refractivity (Wildman–Crippen MR) is 76.1 cm³/mol. The molecule has 0 spiro atoms. The number of ketones is 1. The second-order valence-corrected chi connectivity index (χ2v) is 4.24. The quantitative estimate of drug-likeness (QED) is 0.847. The van der Waals surface area contributed by atoms with Crippen molar-refractivity contribution in [2.24, 2.45) is 5.73 Å². The number of Topliss-reactive ketones (excluding diaryl/α,β-unsaturated/α-hetero) is 1. The summed E-state index contributed by atoms with van der Waals surface area (Å²) in [6, 6.07) is 13.6. The molecule has 0 saturated heterocycles. The van der Waals surface area contributed by atoms with Gasteiger partial charge in [-0.1, -0.05) is 31.2 Å². The Morgan fingerprint density at radius 2 is 1.45 bits per heavy atom. The molecule has 20 heavy (non-hydrogen) atoms. The van der Waals surface area contributed by atoms with E-state index in [2.05, 4.69) is 0 Å². The fourth-order valence-electron chi connectivity index (χ4n) is 1.85. The van der Waals surface area contributed by atoms with E-state index in [1.54, 1.807) is 55.5 Å². The van der Waals surface area contributed by atoms with Gasteiger partial charge in [0.15, 0.2) is 5.78 Å². The summed E-state index contributed by atoms with van der Waals surface area (Å²) in [4.78, 5) is 23.2. The summed E-state index contributed by atoms with van der Waals surface area (Å²) in [6.45, 7) is 1.79. The van der Waals surface area contributed by atoms with Crippen LogP contribution in [0.25, 0.3) is 0 Å². The Kier molecular flexibility index (Phi) is 4.15. The van der Waals surface area contributed by atoms with Crippen LogP contribution in [0.15, 0.2) is 48.5 Å². The lowest BCUT2D eigenvalue weighted by Gasteiger charge is -2.12. The van der Waals surface area contributed by atoms with E-state index < -0.39 is 5.91 Å². The molecular weight excluding hydrogens is 254 g/mol. The molecule has 2 aromatic carbocycles. The molecule has 0 aliphatic carbocycles. The minimum absolute atomic E-state index is 0.0165. The summed E-state index contributed by atoms with van der Waals surface area (Å²) in [7, 11) is 0. The predicted octanol–water partition coefficient (Wildman–Crippen LogP) is 3.17. The Bertz CT molecular complexity index is 650. The first-order valence-corrected chi connectivity index (χ1v) is 6.32. The van der Waals surface area contributed by atoms with Crippen molar-refractivity contribution in [1.29, 1.82) is 0 Å². The van der Waals surface area contributed by atoms with Gasteiger partial charge in [0.05, 0.1) is 11.1 Å². The number of benzene rings is 2. The summed E-state index contributed by atoms with van der Waals surface area (Å²) < 4.78 is 5.70. The summed E-state index contributed by atoms with van der Waals surface area (Å²) in [5, 5.41) is 0. The Morgan fingerprint density at radius 3 is 2.00 bits per heavy atom. The number of rotatable bonds is 5. The minimum atomic E-state index is -0.570. The molecule has 0 heterocycles. The lowest BCUT2D eigenvalue weighted by atomic mass is 10.1. The molecule has 4 nitrogen and oxygen atoms in total. The van der Waals surface area contributed by atoms with E-state index in [-0.39, 0.29) is 11.3 Å². The summed E-state index contributed by atoms with van der Waals surface area (Å²) >= 11 is 0. The van der Waals surface area contributed by atoms with Gasteiger partial charge in [0, 0.05) is 6.42 Å². The van der Waals surface area contributed by atoms with Crippen LogP contribution in [0.2, 0.25) is 0 Å². The van der Waals surface area contributed by atoms with Crippen LogP contribution in [0.4, 0.5) is 0 Å². The van der Waals surface area contributed by atoms with Gasteiger partial charge in [-0.25, -0.2) is 0 Å². The molecule has 0 aromatic heterocycles. The Balaban J connectivity index is 2.41. The van der Waals surface area contributed by atoms with E-state index in [4.69, 9.17) is 10.5 Å². The third-order valence-corrected chi connectivity index (χ3v) is 2.88. The molecule has 4 heteroatoms. The van der Waals surface area contributed by atoms with Crippen molar-refractivity contribution < 1.29 is 14.3 Å². The zero-order chi connectivity index (χ0) is 14.5. The number of ether oxygens (including phenoxy) is 1. The number of nitrogens with two attached hydrogens (primary N) is 1. The van der Waals surface area contributed by atoms with Crippen LogP contribution in [0.5, 0.6) is 11.5 Å². The third kappa shape index (κ3) is 2.85. The molecule has 0 aliphatic heterocycles. The monoisotopic (exact) mass is 269 g/mol. The van der Waals surface area contributed by atoms with Gasteiger partial charge in [0.2, 0.25) is 0 Å². The van der Waals surface area contributed by atoms with Crippen molar-refractivity contribution in [1.82, 2.24) is 0 Å². The molecule has 0 atom stereocenters. The highest BCUT2D eigenvalue weighted by Gasteiger charge is 2.14. The first-order valence-electron chi connectivity index (χ1n) is 6.32. The van der Waals surface area contributed by atoms with E-state index in [0.717, 1.165) is 0 Å². The molecule has 0 aliphatic rings. The first-order chi connectivity index (χ1) is 9.63. The van der Waals surface area contributed by atoms with Gasteiger partial charge in [0.1, 0.15) is 11.5 Å². The van der Waals surface area contributed by atoms with Crippen LogP contribution in [-0.4, -0.2) is 11.7 Å². The van der Waals surface area contributed by atoms with E-state index in [1.807, 2.05) is 0 Å². The highest BCUT2D eigenvalue weighted by atomic mass is 16.5. The van der Waals surface area contributed by atoms with Crippen LogP contribution >= 0.6 is 0 Å². The smallest absolute Gasteiger partial charge is 0.252 e. The zero-order valence-corrected chi connectivity index (χ0v) is 11.1. The summed E-state index contributed by atoms with van der Waals surface area (Å²) in [5.41, 5.74) is 6.08. The SMILES string of the molecule is CCC(=O)c1ccccc1Oc1ccccc1C(N)=O. The molecule has 102 valence electrons. The molecule has 1 amide bonds. The van der Waals surface area contributed by atoms with Crippen LogP contribution in [0, 0.1) is 0 Å². The maximum atomic E-state index is 11.9. The topological polar surface area (TPSA) is 69.4 Å². The first kappa shape index (κ1) is 13.8. The van der Waals surface area contributed by atoms with Gasteiger partial charge in [-0.05, 0) is 24.3 Å². The van der Waals surface area contributed by atoms with Gasteiger partial charge >= 0.3 is 0 Å². The fourth-order valence-corrected chi connectivity index (χ4v) is 1.85. The number of carbonyl (C=O) groups excluding carboxylic acids is 2. The summed E-state index contributed by atoms with van der Waals surface area (Å²) in [5.74, 6) is 0.182. The molecule has 2 rings (SSSR count). The van der Waals surface area contributed by atoms with Crippen molar-refractivity contribution in [3.63, 3.8) is 0 Å². The number of para-hydroxylation sites is 2. The molecule has 0 bridgehead atoms. The maximum absolute atomic E-state index is 11.9. The molecule has 2 aromatic rings. The molecule has 0 fully saturated rings. The average molecular weight is 269 g/mol. The van der Waals surface area contributed by atoms with Gasteiger partial charge in [-0.3, -0.25) is 9.59 Å².